The molecule has 1 aliphatic rings. The maximum Gasteiger partial charge on any atom is 0.233 e. The number of carbonyl (C=O) groups is 1. The van der Waals surface area contributed by atoms with Crippen LogP contribution in [0.2, 0.25) is 0 Å². The fourth-order valence-electron chi connectivity index (χ4n) is 1.64. The van der Waals surface area contributed by atoms with Crippen LogP contribution >= 0.6 is 0 Å². The van der Waals surface area contributed by atoms with Gasteiger partial charge < -0.3 is 11.1 Å². The van der Waals surface area contributed by atoms with E-state index in [0.717, 1.165) is 5.56 Å². The van der Waals surface area contributed by atoms with Gasteiger partial charge in [0.05, 0.1) is 5.92 Å². The van der Waals surface area contributed by atoms with Crippen molar-refractivity contribution in [1.29, 1.82) is 0 Å². The summed E-state index contributed by atoms with van der Waals surface area (Å²) in [6, 6.07) is 0. The third kappa shape index (κ3) is 1.44. The number of nitrogens with one attached hydrogen (secondary N) is 1. The van der Waals surface area contributed by atoms with E-state index >= 15 is 0 Å². The van der Waals surface area contributed by atoms with Gasteiger partial charge >= 0.3 is 0 Å². The summed E-state index contributed by atoms with van der Waals surface area (Å²) in [6.45, 7) is 5.78. The predicted molar refractivity (Wildman–Crippen MR) is 57.6 cm³/mol. The maximum absolute atomic E-state index is 11.4. The van der Waals surface area contributed by atoms with Crippen LogP contribution in [0.5, 0.6) is 0 Å². The highest BCUT2D eigenvalue weighted by Crippen LogP contribution is 2.34. The number of hydrogen-bond acceptors (Lipinski definition) is 4. The van der Waals surface area contributed by atoms with E-state index in [1.54, 1.807) is 6.92 Å². The Balaban J connectivity index is 2.56. The van der Waals surface area contributed by atoms with Gasteiger partial charge in [-0.1, -0.05) is 13.8 Å². The SMILES string of the molecule is CC(C)c1nc(N)c2c(n1)NC(=O)C2C. The third-order valence-corrected chi connectivity index (χ3v) is 2.58. The van der Waals surface area contributed by atoms with Gasteiger partial charge in [-0.2, -0.15) is 0 Å². The quantitative estimate of drug-likeness (QED) is 0.724. The summed E-state index contributed by atoms with van der Waals surface area (Å²) in [5, 5.41) is 2.71. The van der Waals surface area contributed by atoms with Crippen LogP contribution in [0.3, 0.4) is 0 Å². The van der Waals surface area contributed by atoms with E-state index in [-0.39, 0.29) is 17.7 Å². The molecule has 1 aromatic heterocycles. The standard InChI is InChI=1S/C10H14N4O/c1-4(2)8-12-7(11)6-5(3)10(15)14-9(6)13-8/h4-5H,1-3H3,(H3,11,12,13,14,15). The monoisotopic (exact) mass is 206 g/mol. The van der Waals surface area contributed by atoms with E-state index in [9.17, 15) is 4.79 Å². The Hall–Kier alpha value is -1.65. The van der Waals surface area contributed by atoms with Crippen LogP contribution in [0.1, 0.15) is 44.0 Å². The minimum atomic E-state index is -0.249. The molecular formula is C10H14N4O. The van der Waals surface area contributed by atoms with Gasteiger partial charge in [-0.25, -0.2) is 9.97 Å². The second-order valence-electron chi connectivity index (χ2n) is 4.09. The topological polar surface area (TPSA) is 80.9 Å². The van der Waals surface area contributed by atoms with E-state index in [4.69, 9.17) is 5.73 Å². The highest BCUT2D eigenvalue weighted by atomic mass is 16.2. The zero-order chi connectivity index (χ0) is 11.2. The van der Waals surface area contributed by atoms with Crippen molar-refractivity contribution in [2.75, 3.05) is 11.1 Å². The fraction of sp³-hybridized carbons (Fsp3) is 0.500. The van der Waals surface area contributed by atoms with E-state index < -0.39 is 0 Å². The zero-order valence-corrected chi connectivity index (χ0v) is 9.03. The summed E-state index contributed by atoms with van der Waals surface area (Å²) >= 11 is 0. The number of fused-ring (bicyclic) bond motifs is 1. The molecule has 5 heteroatoms. The van der Waals surface area contributed by atoms with Gasteiger partial charge in [0.25, 0.3) is 0 Å². The van der Waals surface area contributed by atoms with Gasteiger partial charge in [0, 0.05) is 11.5 Å². The van der Waals surface area contributed by atoms with Gasteiger partial charge in [0.15, 0.2) is 0 Å². The number of nitrogens with two attached hydrogens (primary N) is 1. The van der Waals surface area contributed by atoms with Crippen molar-refractivity contribution in [2.45, 2.75) is 32.6 Å². The van der Waals surface area contributed by atoms with Gasteiger partial charge in [0.2, 0.25) is 5.91 Å². The Morgan fingerprint density at radius 3 is 2.67 bits per heavy atom. The maximum atomic E-state index is 11.4. The van der Waals surface area contributed by atoms with Gasteiger partial charge in [0.1, 0.15) is 17.5 Å². The summed E-state index contributed by atoms with van der Waals surface area (Å²) < 4.78 is 0. The van der Waals surface area contributed by atoms with Crippen LogP contribution in [0.4, 0.5) is 11.6 Å². The minimum Gasteiger partial charge on any atom is -0.383 e. The lowest BCUT2D eigenvalue weighted by Crippen LogP contribution is -2.09. The van der Waals surface area contributed by atoms with Crippen LogP contribution in [0, 0.1) is 0 Å². The lowest BCUT2D eigenvalue weighted by Gasteiger charge is -2.08. The van der Waals surface area contributed by atoms with E-state index in [1.807, 2.05) is 13.8 Å². The Morgan fingerprint density at radius 1 is 1.40 bits per heavy atom. The number of aromatic nitrogens is 2. The van der Waals surface area contributed by atoms with Gasteiger partial charge in [-0.3, -0.25) is 4.79 Å². The second kappa shape index (κ2) is 3.18. The highest BCUT2D eigenvalue weighted by molar-refractivity contribution is 6.02. The summed E-state index contributed by atoms with van der Waals surface area (Å²) in [6.07, 6.45) is 0. The van der Waals surface area contributed by atoms with Crippen molar-refractivity contribution >= 4 is 17.5 Å². The largest absolute Gasteiger partial charge is 0.383 e. The molecule has 0 aromatic carbocycles. The first-order valence-corrected chi connectivity index (χ1v) is 4.99. The van der Waals surface area contributed by atoms with Crippen molar-refractivity contribution in [2.24, 2.45) is 0 Å². The lowest BCUT2D eigenvalue weighted by atomic mass is 10.1. The smallest absolute Gasteiger partial charge is 0.233 e. The molecule has 1 amide bonds. The summed E-state index contributed by atoms with van der Waals surface area (Å²) in [5.41, 5.74) is 6.55. The Labute approximate surface area is 88.1 Å². The highest BCUT2D eigenvalue weighted by Gasteiger charge is 2.31. The molecule has 0 fully saturated rings. The molecule has 2 heterocycles. The van der Waals surface area contributed by atoms with E-state index in [2.05, 4.69) is 15.3 Å². The summed E-state index contributed by atoms with van der Waals surface area (Å²) in [7, 11) is 0. The molecule has 0 saturated heterocycles. The minimum absolute atomic E-state index is 0.0630. The zero-order valence-electron chi connectivity index (χ0n) is 9.03. The number of amides is 1. The second-order valence-corrected chi connectivity index (χ2v) is 4.09. The first kappa shape index (κ1) is 9.89. The third-order valence-electron chi connectivity index (χ3n) is 2.58. The number of hydrogen-bond donors (Lipinski definition) is 2. The molecule has 5 nitrogen and oxygen atoms in total. The fourth-order valence-corrected chi connectivity index (χ4v) is 1.64. The summed E-state index contributed by atoms with van der Waals surface area (Å²) in [4.78, 5) is 19.9. The Kier molecular flexibility index (Phi) is 2.10. The molecule has 1 aliphatic heterocycles. The number of carbonyl (C=O) groups excluding carboxylic acids is 1. The van der Waals surface area contributed by atoms with Crippen molar-refractivity contribution in [3.63, 3.8) is 0 Å². The van der Waals surface area contributed by atoms with Crippen LogP contribution in [0.25, 0.3) is 0 Å². The molecule has 1 unspecified atom stereocenters. The van der Waals surface area contributed by atoms with E-state index in [0.29, 0.717) is 17.5 Å². The number of nitrogens with zero attached hydrogens (tertiary/aromatic N) is 2. The molecule has 0 aliphatic carbocycles. The lowest BCUT2D eigenvalue weighted by molar-refractivity contribution is -0.116. The van der Waals surface area contributed by atoms with E-state index in [1.165, 1.54) is 0 Å². The number of rotatable bonds is 1. The van der Waals surface area contributed by atoms with Crippen molar-refractivity contribution < 1.29 is 4.79 Å². The molecule has 80 valence electrons. The number of nitrogen functional groups attached to an aromatic ring is 1. The first-order chi connectivity index (χ1) is 7.00. The molecule has 0 bridgehead atoms. The molecule has 0 spiro atoms. The normalized spacial score (nSPS) is 19.2. The van der Waals surface area contributed by atoms with Crippen molar-refractivity contribution in [3.05, 3.63) is 11.4 Å². The Morgan fingerprint density at radius 2 is 2.07 bits per heavy atom. The average molecular weight is 206 g/mol. The van der Waals surface area contributed by atoms with Crippen LogP contribution in [-0.4, -0.2) is 15.9 Å². The molecule has 1 atom stereocenters. The average Bonchev–Trinajstić information content (AvgIpc) is 2.42. The van der Waals surface area contributed by atoms with Crippen LogP contribution in [-0.2, 0) is 4.79 Å². The first-order valence-electron chi connectivity index (χ1n) is 4.99. The predicted octanol–water partition coefficient (Wildman–Crippen LogP) is 1.24. The van der Waals surface area contributed by atoms with Gasteiger partial charge in [-0.05, 0) is 6.92 Å². The molecule has 3 N–H and O–H groups in total. The summed E-state index contributed by atoms with van der Waals surface area (Å²) in [5.74, 6) is 1.54. The molecule has 1 aromatic rings. The van der Waals surface area contributed by atoms with Crippen molar-refractivity contribution in [3.8, 4) is 0 Å². The molecule has 0 radical (unpaired) electrons. The van der Waals surface area contributed by atoms with Crippen LogP contribution < -0.4 is 11.1 Å². The molecule has 15 heavy (non-hydrogen) atoms. The number of anilines is 2. The van der Waals surface area contributed by atoms with Crippen LogP contribution in [0.15, 0.2) is 0 Å². The molecular weight excluding hydrogens is 192 g/mol. The van der Waals surface area contributed by atoms with Gasteiger partial charge in [-0.15, -0.1) is 0 Å². The van der Waals surface area contributed by atoms with Crippen molar-refractivity contribution in [1.82, 2.24) is 9.97 Å². The molecule has 0 saturated carbocycles. The Bertz CT molecular complexity index is 428. The molecule has 2 rings (SSSR count).